The highest BCUT2D eigenvalue weighted by atomic mass is 35.5. The monoisotopic (exact) mass is 218 g/mol. The Kier molecular flexibility index (Phi) is 2.44. The van der Waals surface area contributed by atoms with Crippen LogP contribution in [0.25, 0.3) is 10.9 Å². The third-order valence-corrected chi connectivity index (χ3v) is 2.48. The Balaban J connectivity index is 2.53. The average Bonchev–Trinajstić information content (AvgIpc) is 2.63. The molecule has 1 aromatic heterocycles. The SMILES string of the molecule is N#CCC(=O)c1cc2c(Cl)cccc2[nH]1. The lowest BCUT2D eigenvalue weighted by Gasteiger charge is -1.90. The molecule has 74 valence electrons. The van der Waals surface area contributed by atoms with Gasteiger partial charge in [0.15, 0.2) is 5.78 Å². The predicted octanol–water partition coefficient (Wildman–Crippen LogP) is 2.92. The summed E-state index contributed by atoms with van der Waals surface area (Å²) in [6.07, 6.45) is -0.121. The maximum atomic E-state index is 11.4. The zero-order chi connectivity index (χ0) is 10.8. The highest BCUT2D eigenvalue weighted by molar-refractivity contribution is 6.35. The first kappa shape index (κ1) is 9.75. The molecule has 0 aliphatic rings. The minimum absolute atomic E-state index is 0.121. The number of ketones is 1. The Hall–Kier alpha value is -1.79. The van der Waals surface area contributed by atoms with Crippen LogP contribution in [0.4, 0.5) is 0 Å². The first-order valence-corrected chi connectivity index (χ1v) is 4.77. The van der Waals surface area contributed by atoms with Crippen LogP contribution in [0, 0.1) is 11.3 Å². The normalized spacial score (nSPS) is 10.1. The largest absolute Gasteiger partial charge is 0.352 e. The van der Waals surface area contributed by atoms with Crippen LogP contribution in [0.5, 0.6) is 0 Å². The molecule has 1 heterocycles. The number of H-pyrrole nitrogens is 1. The fourth-order valence-electron chi connectivity index (χ4n) is 1.44. The number of carbonyl (C=O) groups is 1. The van der Waals surface area contributed by atoms with Crippen molar-refractivity contribution in [2.75, 3.05) is 0 Å². The van der Waals surface area contributed by atoms with E-state index in [1.165, 1.54) is 0 Å². The Morgan fingerprint density at radius 1 is 1.53 bits per heavy atom. The molecule has 3 nitrogen and oxygen atoms in total. The number of halogens is 1. The summed E-state index contributed by atoms with van der Waals surface area (Å²) in [4.78, 5) is 14.4. The predicted molar refractivity (Wildman–Crippen MR) is 57.9 cm³/mol. The minimum Gasteiger partial charge on any atom is -0.352 e. The second kappa shape index (κ2) is 3.76. The molecule has 4 heteroatoms. The third-order valence-electron chi connectivity index (χ3n) is 2.15. The van der Waals surface area contributed by atoms with Crippen LogP contribution in [-0.4, -0.2) is 10.8 Å². The van der Waals surface area contributed by atoms with E-state index < -0.39 is 0 Å². The zero-order valence-electron chi connectivity index (χ0n) is 7.75. The summed E-state index contributed by atoms with van der Waals surface area (Å²) in [6.45, 7) is 0. The van der Waals surface area contributed by atoms with Gasteiger partial charge < -0.3 is 4.98 Å². The van der Waals surface area contributed by atoms with E-state index in [0.717, 1.165) is 10.9 Å². The molecule has 1 aromatic carbocycles. The number of rotatable bonds is 2. The van der Waals surface area contributed by atoms with E-state index in [4.69, 9.17) is 16.9 Å². The van der Waals surface area contributed by atoms with E-state index in [1.54, 1.807) is 18.2 Å². The van der Waals surface area contributed by atoms with Gasteiger partial charge in [-0.25, -0.2) is 0 Å². The molecule has 0 saturated carbocycles. The number of benzene rings is 1. The van der Waals surface area contributed by atoms with Crippen molar-refractivity contribution in [3.05, 3.63) is 35.0 Å². The standard InChI is InChI=1S/C11H7ClN2O/c12-8-2-1-3-9-7(8)6-10(14-9)11(15)4-5-13/h1-3,6,14H,4H2. The molecule has 0 aliphatic heterocycles. The molecular formula is C11H7ClN2O. The fraction of sp³-hybridized carbons (Fsp3) is 0.0909. The first-order chi connectivity index (χ1) is 7.22. The van der Waals surface area contributed by atoms with Gasteiger partial charge in [-0.2, -0.15) is 5.26 Å². The third kappa shape index (κ3) is 1.72. The molecule has 0 fully saturated rings. The molecule has 0 amide bonds. The van der Waals surface area contributed by atoms with Crippen LogP contribution in [0.2, 0.25) is 5.02 Å². The number of aromatic amines is 1. The van der Waals surface area contributed by atoms with E-state index in [1.807, 2.05) is 12.1 Å². The second-order valence-electron chi connectivity index (χ2n) is 3.14. The smallest absolute Gasteiger partial charge is 0.193 e. The van der Waals surface area contributed by atoms with Gasteiger partial charge in [-0.05, 0) is 18.2 Å². The van der Waals surface area contributed by atoms with E-state index in [0.29, 0.717) is 10.7 Å². The fourth-order valence-corrected chi connectivity index (χ4v) is 1.66. The van der Waals surface area contributed by atoms with Crippen molar-refractivity contribution in [1.29, 1.82) is 5.26 Å². The second-order valence-corrected chi connectivity index (χ2v) is 3.55. The Morgan fingerprint density at radius 2 is 2.33 bits per heavy atom. The van der Waals surface area contributed by atoms with Crippen molar-refractivity contribution < 1.29 is 4.79 Å². The van der Waals surface area contributed by atoms with Gasteiger partial charge in [-0.3, -0.25) is 4.79 Å². The number of aromatic nitrogens is 1. The summed E-state index contributed by atoms with van der Waals surface area (Å²) in [6, 6.07) is 8.90. The maximum Gasteiger partial charge on any atom is 0.193 e. The summed E-state index contributed by atoms with van der Waals surface area (Å²) in [5, 5.41) is 9.82. The Labute approximate surface area is 91.3 Å². The topological polar surface area (TPSA) is 56.6 Å². The summed E-state index contributed by atoms with van der Waals surface area (Å²) < 4.78 is 0. The van der Waals surface area contributed by atoms with Gasteiger partial charge in [-0.1, -0.05) is 17.7 Å². The molecule has 0 spiro atoms. The molecule has 2 aromatic rings. The molecule has 0 bridgehead atoms. The number of nitriles is 1. The lowest BCUT2D eigenvalue weighted by molar-refractivity contribution is 0.0994. The average molecular weight is 219 g/mol. The Morgan fingerprint density at radius 3 is 3.00 bits per heavy atom. The Bertz CT molecular complexity index is 565. The van der Waals surface area contributed by atoms with Gasteiger partial charge in [0, 0.05) is 15.9 Å². The van der Waals surface area contributed by atoms with Crippen LogP contribution in [0.15, 0.2) is 24.3 Å². The maximum absolute atomic E-state index is 11.4. The van der Waals surface area contributed by atoms with Crippen LogP contribution in [0.1, 0.15) is 16.9 Å². The molecule has 0 radical (unpaired) electrons. The number of hydrogen-bond donors (Lipinski definition) is 1. The zero-order valence-corrected chi connectivity index (χ0v) is 8.51. The first-order valence-electron chi connectivity index (χ1n) is 4.40. The number of carbonyl (C=O) groups excluding carboxylic acids is 1. The summed E-state index contributed by atoms with van der Waals surface area (Å²) in [7, 11) is 0. The molecule has 2 rings (SSSR count). The van der Waals surface area contributed by atoms with Crippen LogP contribution < -0.4 is 0 Å². The van der Waals surface area contributed by atoms with Crippen molar-refractivity contribution in [3.63, 3.8) is 0 Å². The lowest BCUT2D eigenvalue weighted by Crippen LogP contribution is -1.96. The summed E-state index contributed by atoms with van der Waals surface area (Å²) in [5.41, 5.74) is 1.24. The quantitative estimate of drug-likeness (QED) is 0.788. The van der Waals surface area contributed by atoms with Gasteiger partial charge >= 0.3 is 0 Å². The van der Waals surface area contributed by atoms with E-state index in [9.17, 15) is 4.79 Å². The highest BCUT2D eigenvalue weighted by Crippen LogP contribution is 2.24. The van der Waals surface area contributed by atoms with Gasteiger partial charge in [0.2, 0.25) is 0 Å². The lowest BCUT2D eigenvalue weighted by atomic mass is 10.2. The van der Waals surface area contributed by atoms with Crippen LogP contribution in [-0.2, 0) is 0 Å². The van der Waals surface area contributed by atoms with Gasteiger partial charge in [0.05, 0.1) is 11.8 Å². The molecule has 1 N–H and O–H groups in total. The van der Waals surface area contributed by atoms with Crippen molar-refractivity contribution in [3.8, 4) is 6.07 Å². The summed E-state index contributed by atoms with van der Waals surface area (Å²) in [5.74, 6) is -0.218. The van der Waals surface area contributed by atoms with Crippen molar-refractivity contribution >= 4 is 28.3 Å². The number of nitrogens with one attached hydrogen (secondary N) is 1. The van der Waals surface area contributed by atoms with Gasteiger partial charge in [-0.15, -0.1) is 0 Å². The van der Waals surface area contributed by atoms with Crippen LogP contribution in [0.3, 0.4) is 0 Å². The highest BCUT2D eigenvalue weighted by Gasteiger charge is 2.10. The van der Waals surface area contributed by atoms with Crippen LogP contribution >= 0.6 is 11.6 Å². The number of Topliss-reactive ketones (excluding diaryl/α,β-unsaturated/α-hetero) is 1. The van der Waals surface area contributed by atoms with E-state index >= 15 is 0 Å². The number of hydrogen-bond acceptors (Lipinski definition) is 2. The van der Waals surface area contributed by atoms with Gasteiger partial charge in [0.1, 0.15) is 6.42 Å². The molecular weight excluding hydrogens is 212 g/mol. The van der Waals surface area contributed by atoms with Crippen molar-refractivity contribution in [1.82, 2.24) is 4.98 Å². The molecule has 0 unspecified atom stereocenters. The van der Waals surface area contributed by atoms with Gasteiger partial charge in [0.25, 0.3) is 0 Å². The summed E-state index contributed by atoms with van der Waals surface area (Å²) >= 11 is 5.96. The number of nitrogens with zero attached hydrogens (tertiary/aromatic N) is 1. The minimum atomic E-state index is -0.218. The van der Waals surface area contributed by atoms with E-state index in [2.05, 4.69) is 4.98 Å². The molecule has 0 aliphatic carbocycles. The molecule has 0 atom stereocenters. The van der Waals surface area contributed by atoms with E-state index in [-0.39, 0.29) is 12.2 Å². The molecule has 0 saturated heterocycles. The van der Waals surface area contributed by atoms with Crippen molar-refractivity contribution in [2.24, 2.45) is 0 Å². The number of fused-ring (bicyclic) bond motifs is 1. The van der Waals surface area contributed by atoms with Crippen molar-refractivity contribution in [2.45, 2.75) is 6.42 Å². The molecule has 15 heavy (non-hydrogen) atoms.